The molecule has 0 bridgehead atoms. The molecule has 0 aromatic heterocycles. The van der Waals surface area contributed by atoms with Crippen LogP contribution in [-0.4, -0.2) is 40.9 Å². The van der Waals surface area contributed by atoms with E-state index in [9.17, 15) is 9.59 Å². The Morgan fingerprint density at radius 2 is 2.23 bits per heavy atom. The van der Waals surface area contributed by atoms with Crippen molar-refractivity contribution in [2.24, 2.45) is 5.92 Å². The molecule has 1 aliphatic rings. The summed E-state index contributed by atoms with van der Waals surface area (Å²) in [6, 6.07) is 0.0693. The maximum atomic E-state index is 11.3. The van der Waals surface area contributed by atoms with Crippen molar-refractivity contribution in [3.63, 3.8) is 0 Å². The molecule has 0 spiro atoms. The molecule has 2 atom stereocenters. The van der Waals surface area contributed by atoms with E-state index in [4.69, 9.17) is 5.11 Å². The van der Waals surface area contributed by atoms with Crippen molar-refractivity contribution >= 4 is 11.8 Å². The molecule has 0 aliphatic carbocycles. The van der Waals surface area contributed by atoms with E-state index >= 15 is 0 Å². The SMILES string of the molecule is CC1CN(CC(=O)O)C(C)CC1=O. The van der Waals surface area contributed by atoms with Crippen LogP contribution in [0.25, 0.3) is 0 Å². The standard InChI is InChI=1S/C9H15NO3/c1-6-4-10(5-9(12)13)7(2)3-8(6)11/h6-7H,3-5H2,1-2H3,(H,12,13). The molecule has 1 heterocycles. The number of piperidine rings is 1. The van der Waals surface area contributed by atoms with E-state index in [2.05, 4.69) is 0 Å². The van der Waals surface area contributed by atoms with Gasteiger partial charge in [0, 0.05) is 24.9 Å². The highest BCUT2D eigenvalue weighted by molar-refractivity contribution is 5.82. The van der Waals surface area contributed by atoms with Crippen molar-refractivity contribution < 1.29 is 14.7 Å². The Kier molecular flexibility index (Phi) is 3.03. The first kappa shape index (κ1) is 10.2. The Morgan fingerprint density at radius 1 is 1.62 bits per heavy atom. The summed E-state index contributed by atoms with van der Waals surface area (Å²) in [6.45, 7) is 4.36. The second kappa shape index (κ2) is 3.87. The number of aliphatic carboxylic acids is 1. The summed E-state index contributed by atoms with van der Waals surface area (Å²) in [5, 5.41) is 8.61. The third-order valence-electron chi connectivity index (χ3n) is 2.52. The number of nitrogens with zero attached hydrogens (tertiary/aromatic N) is 1. The predicted octanol–water partition coefficient (Wildman–Crippen LogP) is 0.370. The maximum Gasteiger partial charge on any atom is 0.317 e. The number of carboxylic acid groups (broad SMARTS) is 1. The van der Waals surface area contributed by atoms with Gasteiger partial charge in [-0.1, -0.05) is 6.92 Å². The summed E-state index contributed by atoms with van der Waals surface area (Å²) in [5.74, 6) is -0.599. The Balaban J connectivity index is 2.56. The smallest absolute Gasteiger partial charge is 0.317 e. The molecule has 0 radical (unpaired) electrons. The molecule has 0 aromatic rings. The van der Waals surface area contributed by atoms with Gasteiger partial charge in [0.15, 0.2) is 0 Å². The molecule has 0 amide bonds. The molecular formula is C9H15NO3. The van der Waals surface area contributed by atoms with Crippen LogP contribution in [0.15, 0.2) is 0 Å². The zero-order valence-corrected chi connectivity index (χ0v) is 7.99. The number of ketones is 1. The number of hydrogen-bond acceptors (Lipinski definition) is 3. The van der Waals surface area contributed by atoms with E-state index < -0.39 is 5.97 Å². The fourth-order valence-electron chi connectivity index (χ4n) is 1.65. The molecule has 13 heavy (non-hydrogen) atoms. The van der Waals surface area contributed by atoms with Gasteiger partial charge in [-0.05, 0) is 6.92 Å². The van der Waals surface area contributed by atoms with Gasteiger partial charge in [-0.2, -0.15) is 0 Å². The summed E-state index contributed by atoms with van der Waals surface area (Å²) >= 11 is 0. The molecule has 74 valence electrons. The lowest BCUT2D eigenvalue weighted by atomic mass is 9.94. The van der Waals surface area contributed by atoms with Gasteiger partial charge in [-0.3, -0.25) is 14.5 Å². The third-order valence-corrected chi connectivity index (χ3v) is 2.52. The van der Waals surface area contributed by atoms with Crippen molar-refractivity contribution in [3.05, 3.63) is 0 Å². The second-order valence-corrected chi connectivity index (χ2v) is 3.74. The number of Topliss-reactive ketones (excluding diaryl/α,β-unsaturated/α-hetero) is 1. The molecule has 1 saturated heterocycles. The van der Waals surface area contributed by atoms with Gasteiger partial charge in [0.2, 0.25) is 0 Å². The molecule has 1 aliphatic heterocycles. The summed E-state index contributed by atoms with van der Waals surface area (Å²) < 4.78 is 0. The van der Waals surface area contributed by atoms with Crippen molar-refractivity contribution in [1.29, 1.82) is 0 Å². The zero-order chi connectivity index (χ0) is 10.0. The Labute approximate surface area is 77.5 Å². The topological polar surface area (TPSA) is 57.6 Å². The lowest BCUT2D eigenvalue weighted by Gasteiger charge is -2.34. The van der Waals surface area contributed by atoms with Gasteiger partial charge < -0.3 is 5.11 Å². The Morgan fingerprint density at radius 3 is 2.77 bits per heavy atom. The lowest BCUT2D eigenvalue weighted by Crippen LogP contribution is -2.47. The second-order valence-electron chi connectivity index (χ2n) is 3.74. The molecule has 1 rings (SSSR count). The Hall–Kier alpha value is -0.900. The van der Waals surface area contributed by atoms with Crippen molar-refractivity contribution in [1.82, 2.24) is 4.90 Å². The summed E-state index contributed by atoms with van der Waals surface area (Å²) in [6.07, 6.45) is 0.481. The fourth-order valence-corrected chi connectivity index (χ4v) is 1.65. The van der Waals surface area contributed by atoms with Crippen LogP contribution in [-0.2, 0) is 9.59 Å². The highest BCUT2D eigenvalue weighted by atomic mass is 16.4. The van der Waals surface area contributed by atoms with Crippen LogP contribution in [0.2, 0.25) is 0 Å². The lowest BCUT2D eigenvalue weighted by molar-refractivity contribution is -0.141. The number of rotatable bonds is 2. The number of carbonyl (C=O) groups excluding carboxylic acids is 1. The van der Waals surface area contributed by atoms with Crippen molar-refractivity contribution in [3.8, 4) is 0 Å². The third kappa shape index (κ3) is 2.52. The average Bonchev–Trinajstić information content (AvgIpc) is 1.99. The van der Waals surface area contributed by atoms with Gasteiger partial charge in [-0.15, -0.1) is 0 Å². The van der Waals surface area contributed by atoms with Gasteiger partial charge >= 0.3 is 5.97 Å². The zero-order valence-electron chi connectivity index (χ0n) is 7.99. The van der Waals surface area contributed by atoms with Crippen LogP contribution < -0.4 is 0 Å². The Bertz CT molecular complexity index is 227. The van der Waals surface area contributed by atoms with E-state index in [-0.39, 0.29) is 24.3 Å². The number of carbonyl (C=O) groups is 2. The molecule has 4 heteroatoms. The molecular weight excluding hydrogens is 170 g/mol. The van der Waals surface area contributed by atoms with Crippen molar-refractivity contribution in [2.75, 3.05) is 13.1 Å². The van der Waals surface area contributed by atoms with Crippen LogP contribution in [0.4, 0.5) is 0 Å². The number of carboxylic acids is 1. The minimum absolute atomic E-state index is 0.0180. The summed E-state index contributed by atoms with van der Waals surface area (Å²) in [5.41, 5.74) is 0. The first-order valence-corrected chi connectivity index (χ1v) is 4.49. The van der Waals surface area contributed by atoms with Gasteiger partial charge in [0.1, 0.15) is 5.78 Å². The quantitative estimate of drug-likeness (QED) is 0.675. The van der Waals surface area contributed by atoms with Crippen LogP contribution in [0.1, 0.15) is 20.3 Å². The van der Waals surface area contributed by atoms with Crippen LogP contribution in [0.3, 0.4) is 0 Å². The normalized spacial score (nSPS) is 30.5. The predicted molar refractivity (Wildman–Crippen MR) is 47.5 cm³/mol. The molecule has 4 nitrogen and oxygen atoms in total. The van der Waals surface area contributed by atoms with E-state index in [0.717, 1.165) is 0 Å². The van der Waals surface area contributed by atoms with Crippen molar-refractivity contribution in [2.45, 2.75) is 26.3 Å². The molecule has 0 aromatic carbocycles. The van der Waals surface area contributed by atoms with E-state index in [1.54, 1.807) is 0 Å². The average molecular weight is 185 g/mol. The first-order chi connectivity index (χ1) is 6.00. The number of hydrogen-bond donors (Lipinski definition) is 1. The largest absolute Gasteiger partial charge is 0.480 e. The van der Waals surface area contributed by atoms with E-state index in [0.29, 0.717) is 13.0 Å². The highest BCUT2D eigenvalue weighted by Gasteiger charge is 2.29. The molecule has 0 saturated carbocycles. The minimum atomic E-state index is -0.826. The van der Waals surface area contributed by atoms with Crippen LogP contribution in [0, 0.1) is 5.92 Å². The van der Waals surface area contributed by atoms with Crippen LogP contribution in [0.5, 0.6) is 0 Å². The molecule has 2 unspecified atom stereocenters. The summed E-state index contributed by atoms with van der Waals surface area (Å²) in [7, 11) is 0. The number of likely N-dealkylation sites (tertiary alicyclic amines) is 1. The monoisotopic (exact) mass is 185 g/mol. The molecule has 1 N–H and O–H groups in total. The molecule has 1 fully saturated rings. The van der Waals surface area contributed by atoms with E-state index in [1.807, 2.05) is 18.7 Å². The highest BCUT2D eigenvalue weighted by Crippen LogP contribution is 2.17. The van der Waals surface area contributed by atoms with Crippen LogP contribution >= 0.6 is 0 Å². The van der Waals surface area contributed by atoms with Gasteiger partial charge in [0.05, 0.1) is 6.54 Å². The fraction of sp³-hybridized carbons (Fsp3) is 0.778. The first-order valence-electron chi connectivity index (χ1n) is 4.49. The maximum absolute atomic E-state index is 11.3. The summed E-state index contributed by atoms with van der Waals surface area (Å²) in [4.78, 5) is 23.6. The minimum Gasteiger partial charge on any atom is -0.480 e. The van der Waals surface area contributed by atoms with Gasteiger partial charge in [-0.25, -0.2) is 0 Å². The van der Waals surface area contributed by atoms with Gasteiger partial charge in [0.25, 0.3) is 0 Å². The van der Waals surface area contributed by atoms with E-state index in [1.165, 1.54) is 0 Å².